The summed E-state index contributed by atoms with van der Waals surface area (Å²) in [5.74, 6) is 0.414. The van der Waals surface area contributed by atoms with E-state index in [4.69, 9.17) is 4.74 Å². The first-order chi connectivity index (χ1) is 13.6. The number of rotatable bonds is 7. The Balaban J connectivity index is 0.000000467. The molecule has 28 heavy (non-hydrogen) atoms. The summed E-state index contributed by atoms with van der Waals surface area (Å²) in [5.41, 5.74) is 1.34. The molecule has 0 unspecified atom stereocenters. The van der Waals surface area contributed by atoms with Crippen molar-refractivity contribution in [2.75, 3.05) is 39.8 Å². The molecular weight excluding hydrogens is 359 g/mol. The summed E-state index contributed by atoms with van der Waals surface area (Å²) in [7, 11) is 1.43. The zero-order valence-electron chi connectivity index (χ0n) is 17.7. The second-order valence-electron chi connectivity index (χ2n) is 6.65. The first-order valence-electron chi connectivity index (χ1n) is 10.1. The van der Waals surface area contributed by atoms with E-state index in [1.54, 1.807) is 11.0 Å². The third kappa shape index (κ3) is 8.35. The van der Waals surface area contributed by atoms with Gasteiger partial charge >= 0.3 is 0 Å². The van der Waals surface area contributed by atoms with Gasteiger partial charge in [0.2, 0.25) is 6.41 Å². The molecule has 1 aliphatic rings. The van der Waals surface area contributed by atoms with Crippen molar-refractivity contribution in [1.29, 1.82) is 0 Å². The van der Waals surface area contributed by atoms with Crippen molar-refractivity contribution in [3.63, 3.8) is 0 Å². The second kappa shape index (κ2) is 14.1. The van der Waals surface area contributed by atoms with Gasteiger partial charge in [-0.2, -0.15) is 0 Å². The summed E-state index contributed by atoms with van der Waals surface area (Å²) in [5, 5.41) is 6.57. The van der Waals surface area contributed by atoms with Crippen molar-refractivity contribution in [3.8, 4) is 5.75 Å². The van der Waals surface area contributed by atoms with Crippen molar-refractivity contribution in [2.45, 2.75) is 46.5 Å². The highest BCUT2D eigenvalue weighted by molar-refractivity contribution is 5.92. The minimum Gasteiger partial charge on any atom is -0.494 e. The third-order valence-electron chi connectivity index (χ3n) is 4.46. The molecule has 2 N–H and O–H groups in total. The number of nitrogens with zero attached hydrogens (tertiary/aromatic N) is 2. The van der Waals surface area contributed by atoms with E-state index in [0.717, 1.165) is 37.9 Å². The Labute approximate surface area is 168 Å². The molecule has 7 heteroatoms. The summed E-state index contributed by atoms with van der Waals surface area (Å²) in [4.78, 5) is 17.2. The first kappa shape index (κ1) is 24.0. The lowest BCUT2D eigenvalue weighted by molar-refractivity contribution is -0.114. The maximum absolute atomic E-state index is 13.8. The number of unbranched alkanes of at least 4 members (excludes halogenated alkanes) is 1. The summed E-state index contributed by atoms with van der Waals surface area (Å²) in [6.45, 7) is 11.0. The maximum atomic E-state index is 13.8. The predicted molar refractivity (Wildman–Crippen MR) is 113 cm³/mol. The molecule has 1 heterocycles. The Morgan fingerprint density at radius 2 is 1.93 bits per heavy atom. The SMILES string of the molecule is C1CNCCNC1.CCCCC(=Nc1cc(F)c(OC)cc1C)N(C=O)CC. The van der Waals surface area contributed by atoms with Gasteiger partial charge in [-0.3, -0.25) is 4.79 Å². The van der Waals surface area contributed by atoms with Crippen LogP contribution in [0.25, 0.3) is 0 Å². The zero-order valence-corrected chi connectivity index (χ0v) is 17.7. The van der Waals surface area contributed by atoms with Gasteiger partial charge in [0.1, 0.15) is 5.84 Å². The number of amidine groups is 1. The number of carbonyl (C=O) groups excluding carboxylic acids is 1. The number of aliphatic imine (C=N–C) groups is 1. The third-order valence-corrected chi connectivity index (χ3v) is 4.46. The molecule has 6 nitrogen and oxygen atoms in total. The van der Waals surface area contributed by atoms with Gasteiger partial charge in [0.15, 0.2) is 11.6 Å². The largest absolute Gasteiger partial charge is 0.494 e. The molecule has 0 aromatic heterocycles. The van der Waals surface area contributed by atoms with Crippen molar-refractivity contribution >= 4 is 17.9 Å². The molecule has 0 aliphatic carbocycles. The number of halogens is 1. The molecule has 1 aromatic rings. The number of ether oxygens (including phenoxy) is 1. The number of methoxy groups -OCH3 is 1. The Kier molecular flexibility index (Phi) is 12.1. The van der Waals surface area contributed by atoms with Gasteiger partial charge in [-0.05, 0) is 51.4 Å². The van der Waals surface area contributed by atoms with Crippen LogP contribution in [0.5, 0.6) is 5.75 Å². The fraction of sp³-hybridized carbons (Fsp3) is 0.619. The first-order valence-corrected chi connectivity index (χ1v) is 10.1. The highest BCUT2D eigenvalue weighted by Crippen LogP contribution is 2.28. The van der Waals surface area contributed by atoms with Gasteiger partial charge in [-0.1, -0.05) is 13.3 Å². The standard InChI is InChI=1S/C16H23FN2O2.C5H12N2/c1-5-7-8-16(19(6-2)11-20)18-14-10-13(17)15(21-4)9-12(14)3;1-2-6-4-5-7-3-1/h9-11H,5-8H2,1-4H3;6-7H,1-5H2. The summed E-state index contributed by atoms with van der Waals surface area (Å²) in [6, 6.07) is 2.96. The average molecular weight is 395 g/mol. The molecule has 0 spiro atoms. The molecule has 0 radical (unpaired) electrons. The Morgan fingerprint density at radius 3 is 2.46 bits per heavy atom. The summed E-state index contributed by atoms with van der Waals surface area (Å²) in [6.07, 6.45) is 4.67. The van der Waals surface area contributed by atoms with Gasteiger partial charge in [-0.25, -0.2) is 9.38 Å². The molecule has 1 saturated heterocycles. The molecule has 2 rings (SSSR count). The fourth-order valence-electron chi connectivity index (χ4n) is 2.74. The van der Waals surface area contributed by atoms with E-state index in [-0.39, 0.29) is 5.75 Å². The predicted octanol–water partition coefficient (Wildman–Crippen LogP) is 3.41. The van der Waals surface area contributed by atoms with Crippen molar-refractivity contribution in [3.05, 3.63) is 23.5 Å². The van der Waals surface area contributed by atoms with Crippen LogP contribution in [-0.4, -0.2) is 57.0 Å². The van der Waals surface area contributed by atoms with Gasteiger partial charge in [0.25, 0.3) is 0 Å². The lowest BCUT2D eigenvalue weighted by Crippen LogP contribution is -2.29. The van der Waals surface area contributed by atoms with Crippen molar-refractivity contribution < 1.29 is 13.9 Å². The number of benzene rings is 1. The van der Waals surface area contributed by atoms with Gasteiger partial charge in [-0.15, -0.1) is 0 Å². The number of amides is 1. The van der Waals surface area contributed by atoms with Crippen LogP contribution in [0.1, 0.15) is 45.1 Å². The van der Waals surface area contributed by atoms with E-state index in [9.17, 15) is 9.18 Å². The topological polar surface area (TPSA) is 66.0 Å². The van der Waals surface area contributed by atoms with Gasteiger partial charge in [0, 0.05) is 32.1 Å². The van der Waals surface area contributed by atoms with E-state index in [1.165, 1.54) is 32.7 Å². The van der Waals surface area contributed by atoms with E-state index < -0.39 is 5.82 Å². The normalized spacial score (nSPS) is 14.5. The van der Waals surface area contributed by atoms with Gasteiger partial charge < -0.3 is 20.3 Å². The minimum absolute atomic E-state index is 0.198. The smallest absolute Gasteiger partial charge is 0.215 e. The monoisotopic (exact) mass is 394 g/mol. The molecule has 0 bridgehead atoms. The molecular formula is C21H35FN4O2. The molecule has 0 atom stereocenters. The quantitative estimate of drug-likeness (QED) is 0.423. The lowest BCUT2D eigenvalue weighted by atomic mass is 10.1. The van der Waals surface area contributed by atoms with Crippen molar-refractivity contribution in [1.82, 2.24) is 15.5 Å². The number of hydrogen-bond donors (Lipinski definition) is 2. The molecule has 1 aliphatic heterocycles. The second-order valence-corrected chi connectivity index (χ2v) is 6.65. The summed E-state index contributed by atoms with van der Waals surface area (Å²) >= 11 is 0. The van der Waals surface area contributed by atoms with E-state index >= 15 is 0 Å². The molecule has 0 saturated carbocycles. The lowest BCUT2D eigenvalue weighted by Gasteiger charge is -2.18. The van der Waals surface area contributed by atoms with Crippen LogP contribution in [0.15, 0.2) is 17.1 Å². The van der Waals surface area contributed by atoms with Crippen LogP contribution < -0.4 is 15.4 Å². The van der Waals surface area contributed by atoms with E-state index in [2.05, 4.69) is 22.5 Å². The van der Waals surface area contributed by atoms with Crippen molar-refractivity contribution in [2.24, 2.45) is 4.99 Å². The molecule has 1 amide bonds. The van der Waals surface area contributed by atoms with Crippen LogP contribution in [0.4, 0.5) is 10.1 Å². The van der Waals surface area contributed by atoms with Crippen LogP contribution in [0.3, 0.4) is 0 Å². The molecule has 1 aromatic carbocycles. The molecule has 1 fully saturated rings. The van der Waals surface area contributed by atoms with E-state index in [0.29, 0.717) is 24.5 Å². The number of nitrogens with one attached hydrogen (secondary N) is 2. The number of hydrogen-bond acceptors (Lipinski definition) is 5. The van der Waals surface area contributed by atoms with Crippen LogP contribution in [-0.2, 0) is 4.79 Å². The Hall–Kier alpha value is -1.99. The van der Waals surface area contributed by atoms with Crippen LogP contribution >= 0.6 is 0 Å². The number of carbonyl (C=O) groups is 1. The minimum atomic E-state index is -0.453. The average Bonchev–Trinajstić information content (AvgIpc) is 3.02. The van der Waals surface area contributed by atoms with Crippen LogP contribution in [0, 0.1) is 12.7 Å². The van der Waals surface area contributed by atoms with Crippen LogP contribution in [0.2, 0.25) is 0 Å². The van der Waals surface area contributed by atoms with Gasteiger partial charge in [0.05, 0.1) is 12.8 Å². The maximum Gasteiger partial charge on any atom is 0.215 e. The van der Waals surface area contributed by atoms with E-state index in [1.807, 2.05) is 13.8 Å². The fourth-order valence-corrected chi connectivity index (χ4v) is 2.74. The Morgan fingerprint density at radius 1 is 1.25 bits per heavy atom. The summed E-state index contributed by atoms with van der Waals surface area (Å²) < 4.78 is 18.8. The Bertz CT molecular complexity index is 603. The number of aryl methyl sites for hydroxylation is 1. The highest BCUT2D eigenvalue weighted by atomic mass is 19.1. The zero-order chi connectivity index (χ0) is 20.8. The molecule has 158 valence electrons. The highest BCUT2D eigenvalue weighted by Gasteiger charge is 2.12.